The molecule has 1 aliphatic heterocycles. The highest BCUT2D eigenvalue weighted by Crippen LogP contribution is 2.13. The van der Waals surface area contributed by atoms with Gasteiger partial charge in [-0.3, -0.25) is 4.79 Å². The number of amides is 1. The molecule has 4 heteroatoms. The van der Waals surface area contributed by atoms with Crippen LogP contribution in [0.5, 0.6) is 0 Å². The molecule has 0 unspecified atom stereocenters. The number of ether oxygens (including phenoxy) is 1. The Kier molecular flexibility index (Phi) is 4.18. The molecule has 1 amide bonds. The van der Waals surface area contributed by atoms with E-state index in [9.17, 15) is 4.79 Å². The molecular weight excluding hydrogens is 168 g/mol. The maximum absolute atomic E-state index is 11.0. The molecule has 0 radical (unpaired) electrons. The average molecular weight is 186 g/mol. The van der Waals surface area contributed by atoms with Crippen LogP contribution in [-0.4, -0.2) is 43.2 Å². The zero-order valence-corrected chi connectivity index (χ0v) is 8.16. The lowest BCUT2D eigenvalue weighted by molar-refractivity contribution is -0.131. The molecule has 1 fully saturated rings. The molecule has 13 heavy (non-hydrogen) atoms. The number of hydrogen-bond acceptors (Lipinski definition) is 3. The van der Waals surface area contributed by atoms with Crippen molar-refractivity contribution < 1.29 is 9.53 Å². The van der Waals surface area contributed by atoms with Crippen LogP contribution in [0.25, 0.3) is 0 Å². The van der Waals surface area contributed by atoms with Crippen molar-refractivity contribution in [1.82, 2.24) is 4.90 Å². The standard InChI is InChI=1S/C9H18N2O2/c1-8(12)11-5-2-9(3-6-11)13-7-4-10/h9H,2-7,10H2,1H3. The number of piperidine rings is 1. The third-order valence-corrected chi connectivity index (χ3v) is 2.36. The first kappa shape index (κ1) is 10.5. The molecule has 0 aromatic carbocycles. The first-order valence-electron chi connectivity index (χ1n) is 4.81. The SMILES string of the molecule is CC(=O)N1CCC(OCCN)CC1. The Hall–Kier alpha value is -0.610. The molecule has 1 rings (SSSR count). The summed E-state index contributed by atoms with van der Waals surface area (Å²) in [6.45, 7) is 4.47. The van der Waals surface area contributed by atoms with Crippen molar-refractivity contribution in [2.24, 2.45) is 5.73 Å². The fraction of sp³-hybridized carbons (Fsp3) is 0.889. The Morgan fingerprint density at radius 2 is 2.15 bits per heavy atom. The highest BCUT2D eigenvalue weighted by atomic mass is 16.5. The number of carbonyl (C=O) groups excluding carboxylic acids is 1. The summed E-state index contributed by atoms with van der Waals surface area (Å²) in [6, 6.07) is 0. The lowest BCUT2D eigenvalue weighted by Gasteiger charge is -2.31. The largest absolute Gasteiger partial charge is 0.377 e. The zero-order valence-electron chi connectivity index (χ0n) is 8.16. The van der Waals surface area contributed by atoms with Crippen molar-refractivity contribution in [3.63, 3.8) is 0 Å². The highest BCUT2D eigenvalue weighted by molar-refractivity contribution is 5.73. The van der Waals surface area contributed by atoms with Crippen LogP contribution in [0.1, 0.15) is 19.8 Å². The Bertz CT molecular complexity index is 165. The Morgan fingerprint density at radius 1 is 1.54 bits per heavy atom. The smallest absolute Gasteiger partial charge is 0.219 e. The van der Waals surface area contributed by atoms with E-state index in [2.05, 4.69) is 0 Å². The van der Waals surface area contributed by atoms with Gasteiger partial charge >= 0.3 is 0 Å². The number of rotatable bonds is 3. The molecule has 76 valence electrons. The lowest BCUT2D eigenvalue weighted by Crippen LogP contribution is -2.40. The van der Waals surface area contributed by atoms with Gasteiger partial charge in [0.05, 0.1) is 12.7 Å². The number of hydrogen-bond donors (Lipinski definition) is 1. The van der Waals surface area contributed by atoms with Crippen molar-refractivity contribution in [1.29, 1.82) is 0 Å². The van der Waals surface area contributed by atoms with Gasteiger partial charge in [-0.1, -0.05) is 0 Å². The Morgan fingerprint density at radius 3 is 2.62 bits per heavy atom. The van der Waals surface area contributed by atoms with E-state index in [0.717, 1.165) is 25.9 Å². The number of nitrogens with zero attached hydrogens (tertiary/aromatic N) is 1. The summed E-state index contributed by atoms with van der Waals surface area (Å²) in [5.74, 6) is 0.164. The Labute approximate surface area is 79.0 Å². The second-order valence-electron chi connectivity index (χ2n) is 3.36. The van der Waals surface area contributed by atoms with Crippen molar-refractivity contribution in [2.45, 2.75) is 25.9 Å². The summed E-state index contributed by atoms with van der Waals surface area (Å²) in [5.41, 5.74) is 5.33. The number of likely N-dealkylation sites (tertiary alicyclic amines) is 1. The minimum absolute atomic E-state index is 0.164. The number of nitrogens with two attached hydrogens (primary N) is 1. The van der Waals surface area contributed by atoms with E-state index in [1.54, 1.807) is 6.92 Å². The zero-order chi connectivity index (χ0) is 9.68. The number of carbonyl (C=O) groups is 1. The van der Waals surface area contributed by atoms with Crippen LogP contribution in [0.2, 0.25) is 0 Å². The van der Waals surface area contributed by atoms with E-state index in [-0.39, 0.29) is 5.91 Å². The van der Waals surface area contributed by atoms with Crippen LogP contribution in [0.4, 0.5) is 0 Å². The van der Waals surface area contributed by atoms with Gasteiger partial charge in [0.1, 0.15) is 0 Å². The summed E-state index contributed by atoms with van der Waals surface area (Å²) in [4.78, 5) is 12.8. The summed E-state index contributed by atoms with van der Waals surface area (Å²) in [5, 5.41) is 0. The van der Waals surface area contributed by atoms with E-state index in [4.69, 9.17) is 10.5 Å². The van der Waals surface area contributed by atoms with Crippen LogP contribution in [0, 0.1) is 0 Å². The molecule has 0 bridgehead atoms. The summed E-state index contributed by atoms with van der Waals surface area (Å²) < 4.78 is 5.50. The predicted molar refractivity (Wildman–Crippen MR) is 50.3 cm³/mol. The molecule has 0 aromatic rings. The van der Waals surface area contributed by atoms with Gasteiger partial charge in [0.2, 0.25) is 5.91 Å². The van der Waals surface area contributed by atoms with E-state index in [0.29, 0.717) is 19.3 Å². The normalized spacial score (nSPS) is 19.1. The van der Waals surface area contributed by atoms with Crippen molar-refractivity contribution >= 4 is 5.91 Å². The Balaban J connectivity index is 2.18. The van der Waals surface area contributed by atoms with Crippen LogP contribution in [0.3, 0.4) is 0 Å². The van der Waals surface area contributed by atoms with Crippen LogP contribution in [-0.2, 0) is 9.53 Å². The molecular formula is C9H18N2O2. The highest BCUT2D eigenvalue weighted by Gasteiger charge is 2.20. The maximum Gasteiger partial charge on any atom is 0.219 e. The summed E-state index contributed by atoms with van der Waals surface area (Å²) in [6.07, 6.45) is 2.19. The first-order chi connectivity index (χ1) is 6.24. The lowest BCUT2D eigenvalue weighted by atomic mass is 10.1. The maximum atomic E-state index is 11.0. The molecule has 2 N–H and O–H groups in total. The van der Waals surface area contributed by atoms with Crippen molar-refractivity contribution in [2.75, 3.05) is 26.2 Å². The van der Waals surface area contributed by atoms with Crippen molar-refractivity contribution in [3.05, 3.63) is 0 Å². The first-order valence-corrected chi connectivity index (χ1v) is 4.81. The van der Waals surface area contributed by atoms with E-state index < -0.39 is 0 Å². The molecule has 1 aliphatic rings. The van der Waals surface area contributed by atoms with Gasteiger partial charge in [-0.05, 0) is 12.8 Å². The fourth-order valence-electron chi connectivity index (χ4n) is 1.57. The molecule has 1 heterocycles. The predicted octanol–water partition coefficient (Wildman–Crippen LogP) is -0.0274. The van der Waals surface area contributed by atoms with Gasteiger partial charge < -0.3 is 15.4 Å². The van der Waals surface area contributed by atoms with Gasteiger partial charge in [-0.25, -0.2) is 0 Å². The molecule has 0 aromatic heterocycles. The molecule has 1 saturated heterocycles. The van der Waals surface area contributed by atoms with Gasteiger partial charge in [-0.2, -0.15) is 0 Å². The van der Waals surface area contributed by atoms with Gasteiger partial charge in [0.15, 0.2) is 0 Å². The molecule has 0 saturated carbocycles. The van der Waals surface area contributed by atoms with Gasteiger partial charge in [0, 0.05) is 26.6 Å². The van der Waals surface area contributed by atoms with Crippen molar-refractivity contribution in [3.8, 4) is 0 Å². The average Bonchev–Trinajstić information content (AvgIpc) is 2.15. The minimum atomic E-state index is 0.164. The molecule has 0 spiro atoms. The quantitative estimate of drug-likeness (QED) is 0.673. The third kappa shape index (κ3) is 3.32. The molecule has 0 atom stereocenters. The molecule has 4 nitrogen and oxygen atoms in total. The second kappa shape index (κ2) is 5.19. The topological polar surface area (TPSA) is 55.6 Å². The minimum Gasteiger partial charge on any atom is -0.377 e. The van der Waals surface area contributed by atoms with Crippen LogP contribution >= 0.6 is 0 Å². The van der Waals surface area contributed by atoms with Gasteiger partial charge in [-0.15, -0.1) is 0 Å². The van der Waals surface area contributed by atoms with Crippen LogP contribution in [0.15, 0.2) is 0 Å². The molecule has 0 aliphatic carbocycles. The fourth-order valence-corrected chi connectivity index (χ4v) is 1.57. The third-order valence-electron chi connectivity index (χ3n) is 2.36. The monoisotopic (exact) mass is 186 g/mol. The van der Waals surface area contributed by atoms with E-state index in [1.165, 1.54) is 0 Å². The van der Waals surface area contributed by atoms with E-state index >= 15 is 0 Å². The summed E-state index contributed by atoms with van der Waals surface area (Å²) >= 11 is 0. The van der Waals surface area contributed by atoms with Gasteiger partial charge in [0.25, 0.3) is 0 Å². The van der Waals surface area contributed by atoms with Crippen LogP contribution < -0.4 is 5.73 Å². The van der Waals surface area contributed by atoms with E-state index in [1.807, 2.05) is 4.90 Å². The second-order valence-corrected chi connectivity index (χ2v) is 3.36. The summed E-state index contributed by atoms with van der Waals surface area (Å²) in [7, 11) is 0.